The Morgan fingerprint density at radius 2 is 0.970 bits per heavy atom. The van der Waals surface area contributed by atoms with Gasteiger partial charge in [0.15, 0.2) is 6.54 Å². The quantitative estimate of drug-likeness (QED) is 0.204. The molecule has 33 heavy (non-hydrogen) atoms. The molecule has 0 amide bonds. The molecule has 7 heteroatoms. The van der Waals surface area contributed by atoms with Gasteiger partial charge >= 0.3 is 7.25 Å². The van der Waals surface area contributed by atoms with Gasteiger partial charge in [-0.1, -0.05) is 66.7 Å². The molecule has 1 heterocycles. The number of aliphatic hydroxyl groups is 1. The van der Waals surface area contributed by atoms with Crippen molar-refractivity contribution in [2.75, 3.05) is 0 Å². The van der Waals surface area contributed by atoms with Crippen molar-refractivity contribution in [2.24, 2.45) is 0 Å². The van der Waals surface area contributed by atoms with Crippen molar-refractivity contribution in [1.29, 1.82) is 0 Å². The number of aromatic nitrogens is 1. The highest BCUT2D eigenvalue weighted by molar-refractivity contribution is 6.50. The van der Waals surface area contributed by atoms with Crippen LogP contribution in [0.2, 0.25) is 0 Å². The average molecular weight is 453 g/mol. The average Bonchev–Trinajstić information content (AvgIpc) is 2.79. The zero-order valence-corrected chi connectivity index (χ0v) is 18.1. The second-order valence-corrected chi connectivity index (χ2v) is 7.57. The van der Waals surface area contributed by atoms with E-state index in [2.05, 4.69) is 89.5 Å². The van der Waals surface area contributed by atoms with Crippen LogP contribution in [-0.4, -0.2) is 18.5 Å². The summed E-state index contributed by atoms with van der Waals surface area (Å²) < 4.78 is 41.2. The molecule has 0 saturated heterocycles. The van der Waals surface area contributed by atoms with Crippen molar-refractivity contribution >= 4 is 7.25 Å². The van der Waals surface area contributed by atoms with E-state index in [1.165, 1.54) is 11.1 Å². The number of benzene rings is 3. The number of halogens is 4. The Morgan fingerprint density at radius 3 is 1.30 bits per heavy atom. The van der Waals surface area contributed by atoms with Gasteiger partial charge in [0.05, 0.1) is 0 Å². The molecule has 0 fully saturated rings. The highest BCUT2D eigenvalue weighted by atomic mass is 19.5. The van der Waals surface area contributed by atoms with Gasteiger partial charge in [-0.2, -0.15) is 4.57 Å². The SMILES string of the molecule is CC(O)C[n+]1c(-c2ccccc2)cc(-c2ccccc2)cc1-c1ccccc1.F[B-](F)(F)F. The summed E-state index contributed by atoms with van der Waals surface area (Å²) in [6.45, 7) is 2.37. The first-order valence-corrected chi connectivity index (χ1v) is 10.5. The first kappa shape index (κ1) is 24.2. The number of pyridine rings is 1. The summed E-state index contributed by atoms with van der Waals surface area (Å²) in [5.74, 6) is 0. The Balaban J connectivity index is 0.000000555. The first-order chi connectivity index (χ1) is 15.7. The number of hydrogen-bond acceptors (Lipinski definition) is 1. The third kappa shape index (κ3) is 7.29. The van der Waals surface area contributed by atoms with Crippen LogP contribution in [0, 0.1) is 0 Å². The Morgan fingerprint density at radius 1 is 0.636 bits per heavy atom. The minimum absolute atomic E-state index is 0.447. The highest BCUT2D eigenvalue weighted by Crippen LogP contribution is 2.29. The lowest BCUT2D eigenvalue weighted by molar-refractivity contribution is -0.682. The molecule has 1 atom stereocenters. The molecule has 3 aromatic carbocycles. The fourth-order valence-corrected chi connectivity index (χ4v) is 3.58. The minimum Gasteiger partial charge on any atom is -0.418 e. The van der Waals surface area contributed by atoms with Crippen molar-refractivity contribution in [2.45, 2.75) is 19.6 Å². The lowest BCUT2D eigenvalue weighted by Crippen LogP contribution is -2.43. The molecule has 0 bridgehead atoms. The maximum absolute atomic E-state index is 10.2. The largest absolute Gasteiger partial charge is 0.673 e. The standard InChI is InChI=1S/C26H24NO.BF4/c1-20(28)19-27-25(22-13-7-3-8-14-22)17-24(21-11-5-2-6-12-21)18-26(27)23-15-9-4-10-16-23;2-1(3,4)5/h2-18,20,28H,19H2,1H3;/q+1;-1. The smallest absolute Gasteiger partial charge is 0.418 e. The third-order valence-electron chi connectivity index (χ3n) is 4.86. The van der Waals surface area contributed by atoms with Crippen LogP contribution in [-0.2, 0) is 6.54 Å². The van der Waals surface area contributed by atoms with Gasteiger partial charge < -0.3 is 22.4 Å². The fraction of sp³-hybridized carbons (Fsp3) is 0.115. The Labute approximate surface area is 190 Å². The molecule has 1 unspecified atom stereocenters. The van der Waals surface area contributed by atoms with Crippen molar-refractivity contribution in [3.8, 4) is 33.6 Å². The zero-order valence-electron chi connectivity index (χ0n) is 18.1. The van der Waals surface area contributed by atoms with Gasteiger partial charge in [0.2, 0.25) is 11.4 Å². The van der Waals surface area contributed by atoms with Crippen molar-refractivity contribution in [3.05, 3.63) is 103 Å². The van der Waals surface area contributed by atoms with Gasteiger partial charge in [-0.25, -0.2) is 0 Å². The van der Waals surface area contributed by atoms with Crippen LogP contribution in [0.5, 0.6) is 0 Å². The summed E-state index contributed by atoms with van der Waals surface area (Å²) in [4.78, 5) is 0. The van der Waals surface area contributed by atoms with Crippen LogP contribution < -0.4 is 4.57 Å². The summed E-state index contributed by atoms with van der Waals surface area (Å²) in [5.41, 5.74) is 6.82. The first-order valence-electron chi connectivity index (χ1n) is 10.5. The molecular weight excluding hydrogens is 429 g/mol. The van der Waals surface area contributed by atoms with Crippen molar-refractivity contribution in [1.82, 2.24) is 0 Å². The predicted octanol–water partition coefficient (Wildman–Crippen LogP) is 6.66. The van der Waals surface area contributed by atoms with E-state index in [1.54, 1.807) is 0 Å². The van der Waals surface area contributed by atoms with Crippen molar-refractivity contribution in [3.63, 3.8) is 0 Å². The molecule has 0 aliphatic rings. The van der Waals surface area contributed by atoms with E-state index in [0.717, 1.165) is 22.5 Å². The van der Waals surface area contributed by atoms with Crippen LogP contribution in [0.25, 0.3) is 33.6 Å². The molecule has 170 valence electrons. The predicted molar refractivity (Wildman–Crippen MR) is 125 cm³/mol. The summed E-state index contributed by atoms with van der Waals surface area (Å²) in [7, 11) is -6.00. The normalized spacial score (nSPS) is 11.9. The zero-order chi connectivity index (χ0) is 23.8. The van der Waals surface area contributed by atoms with Gasteiger partial charge in [0, 0.05) is 23.3 Å². The second kappa shape index (κ2) is 10.9. The van der Waals surface area contributed by atoms with E-state index in [0.29, 0.717) is 6.54 Å². The number of rotatable bonds is 5. The monoisotopic (exact) mass is 453 g/mol. The van der Waals surface area contributed by atoms with Gasteiger partial charge in [-0.3, -0.25) is 0 Å². The van der Waals surface area contributed by atoms with Crippen LogP contribution in [0.1, 0.15) is 6.92 Å². The Kier molecular flexibility index (Phi) is 8.01. The molecular formula is C26H24BF4NO. The van der Waals surface area contributed by atoms with E-state index < -0.39 is 13.4 Å². The van der Waals surface area contributed by atoms with Crippen LogP contribution in [0.15, 0.2) is 103 Å². The van der Waals surface area contributed by atoms with Gasteiger partial charge in [0.25, 0.3) is 0 Å². The van der Waals surface area contributed by atoms with Crippen LogP contribution >= 0.6 is 0 Å². The number of nitrogens with zero attached hydrogens (tertiary/aromatic N) is 1. The molecule has 4 aromatic rings. The maximum Gasteiger partial charge on any atom is 0.673 e. The summed E-state index contributed by atoms with van der Waals surface area (Å²) >= 11 is 0. The maximum atomic E-state index is 10.2. The lowest BCUT2D eigenvalue weighted by Gasteiger charge is -2.14. The summed E-state index contributed by atoms with van der Waals surface area (Å²) in [5, 5.41) is 10.2. The Hall–Kier alpha value is -3.45. The van der Waals surface area contributed by atoms with Gasteiger partial charge in [0.1, 0.15) is 6.10 Å². The molecule has 2 nitrogen and oxygen atoms in total. The molecule has 1 N–H and O–H groups in total. The lowest BCUT2D eigenvalue weighted by atomic mass is 9.99. The number of aliphatic hydroxyl groups excluding tert-OH is 1. The molecule has 0 aliphatic heterocycles. The van der Waals surface area contributed by atoms with Gasteiger partial charge in [-0.05, 0) is 42.3 Å². The third-order valence-corrected chi connectivity index (χ3v) is 4.86. The van der Waals surface area contributed by atoms with Crippen LogP contribution in [0.4, 0.5) is 17.3 Å². The molecule has 0 radical (unpaired) electrons. The minimum atomic E-state index is -6.00. The van der Waals surface area contributed by atoms with Crippen molar-refractivity contribution < 1.29 is 26.9 Å². The molecule has 1 aromatic heterocycles. The van der Waals surface area contributed by atoms with E-state index in [4.69, 9.17) is 0 Å². The van der Waals surface area contributed by atoms with Crippen LogP contribution in [0.3, 0.4) is 0 Å². The van der Waals surface area contributed by atoms with E-state index in [9.17, 15) is 22.4 Å². The molecule has 0 aliphatic carbocycles. The highest BCUT2D eigenvalue weighted by Gasteiger charge is 2.23. The number of hydrogen-bond donors (Lipinski definition) is 1. The molecule has 0 spiro atoms. The topological polar surface area (TPSA) is 24.1 Å². The molecule has 4 rings (SSSR count). The van der Waals surface area contributed by atoms with E-state index in [1.807, 2.05) is 25.1 Å². The fourth-order valence-electron chi connectivity index (χ4n) is 3.58. The summed E-state index contributed by atoms with van der Waals surface area (Å²) in [6, 6.07) is 35.7. The van der Waals surface area contributed by atoms with E-state index >= 15 is 0 Å². The molecule has 0 saturated carbocycles. The Bertz CT molecular complexity index is 1080. The second-order valence-electron chi connectivity index (χ2n) is 7.57. The summed E-state index contributed by atoms with van der Waals surface area (Å²) in [6.07, 6.45) is -0.447. The van der Waals surface area contributed by atoms with Gasteiger partial charge in [-0.15, -0.1) is 0 Å². The van der Waals surface area contributed by atoms with E-state index in [-0.39, 0.29) is 0 Å².